The number of anilines is 1. The largest absolute Gasteiger partial charge is 0.304 e. The highest BCUT2D eigenvalue weighted by Crippen LogP contribution is 2.32. The summed E-state index contributed by atoms with van der Waals surface area (Å²) in [6.07, 6.45) is 5.51. The van der Waals surface area contributed by atoms with Crippen LogP contribution in [0, 0.1) is 0 Å². The van der Waals surface area contributed by atoms with Crippen molar-refractivity contribution >= 4 is 11.6 Å². The van der Waals surface area contributed by atoms with Gasteiger partial charge in [-0.2, -0.15) is 0 Å². The number of nitrogens with zero attached hydrogens (tertiary/aromatic N) is 3. The number of aromatic nitrogens is 2. The highest BCUT2D eigenvalue weighted by atomic mass is 16.2. The van der Waals surface area contributed by atoms with Gasteiger partial charge in [0.1, 0.15) is 5.69 Å². The zero-order chi connectivity index (χ0) is 12.5. The first-order valence-corrected chi connectivity index (χ1v) is 5.95. The maximum atomic E-state index is 12.4. The predicted molar refractivity (Wildman–Crippen MR) is 68.4 cm³/mol. The topological polar surface area (TPSA) is 46.1 Å². The highest BCUT2D eigenvalue weighted by Gasteiger charge is 2.31. The molecular formula is C14H13N3O. The van der Waals surface area contributed by atoms with Gasteiger partial charge in [0.25, 0.3) is 5.91 Å². The Bertz CT molecular complexity index is 583. The third kappa shape index (κ3) is 1.66. The highest BCUT2D eigenvalue weighted by molar-refractivity contribution is 6.06. The molecular weight excluding hydrogens is 226 g/mol. The molecule has 0 saturated heterocycles. The van der Waals surface area contributed by atoms with E-state index < -0.39 is 0 Å². The van der Waals surface area contributed by atoms with Gasteiger partial charge in [0.2, 0.25) is 0 Å². The van der Waals surface area contributed by atoms with Gasteiger partial charge in [0, 0.05) is 24.1 Å². The molecule has 1 aliphatic heterocycles. The first-order chi connectivity index (χ1) is 8.77. The number of para-hydroxylation sites is 1. The second-order valence-corrected chi connectivity index (χ2v) is 4.45. The second kappa shape index (κ2) is 4.22. The third-order valence-electron chi connectivity index (χ3n) is 3.21. The lowest BCUT2D eigenvalue weighted by atomic mass is 10.1. The van der Waals surface area contributed by atoms with Crippen molar-refractivity contribution in [2.45, 2.75) is 19.4 Å². The molecule has 1 atom stereocenters. The van der Waals surface area contributed by atoms with E-state index in [1.165, 1.54) is 11.8 Å². The van der Waals surface area contributed by atoms with Crippen molar-refractivity contribution in [3.8, 4) is 0 Å². The smallest absolute Gasteiger partial charge is 0.278 e. The van der Waals surface area contributed by atoms with E-state index >= 15 is 0 Å². The normalized spacial score (nSPS) is 17.6. The number of carbonyl (C=O) groups excluding carboxylic acids is 1. The van der Waals surface area contributed by atoms with E-state index in [0.29, 0.717) is 5.69 Å². The summed E-state index contributed by atoms with van der Waals surface area (Å²) in [4.78, 5) is 22.3. The molecule has 2 heterocycles. The van der Waals surface area contributed by atoms with E-state index in [1.807, 2.05) is 25.1 Å². The lowest BCUT2D eigenvalue weighted by Gasteiger charge is -2.21. The van der Waals surface area contributed by atoms with Gasteiger partial charge in [-0.25, -0.2) is 4.98 Å². The van der Waals surface area contributed by atoms with E-state index in [2.05, 4.69) is 16.0 Å². The third-order valence-corrected chi connectivity index (χ3v) is 3.21. The second-order valence-electron chi connectivity index (χ2n) is 4.45. The number of carbonyl (C=O) groups is 1. The van der Waals surface area contributed by atoms with Gasteiger partial charge in [-0.3, -0.25) is 9.78 Å². The molecule has 0 saturated carbocycles. The Morgan fingerprint density at radius 1 is 1.33 bits per heavy atom. The fraction of sp³-hybridized carbons (Fsp3) is 0.214. The molecule has 1 aliphatic rings. The van der Waals surface area contributed by atoms with Crippen LogP contribution in [0.4, 0.5) is 5.69 Å². The van der Waals surface area contributed by atoms with Crippen LogP contribution < -0.4 is 4.90 Å². The molecule has 90 valence electrons. The van der Waals surface area contributed by atoms with Gasteiger partial charge in [-0.1, -0.05) is 18.2 Å². The SMILES string of the molecule is CC1Cc2ccccc2N1C(=O)c1cnccn1. The summed E-state index contributed by atoms with van der Waals surface area (Å²) in [6.45, 7) is 2.05. The fourth-order valence-electron chi connectivity index (χ4n) is 2.41. The van der Waals surface area contributed by atoms with Gasteiger partial charge >= 0.3 is 0 Å². The number of amides is 1. The number of benzene rings is 1. The zero-order valence-electron chi connectivity index (χ0n) is 10.1. The van der Waals surface area contributed by atoms with Crippen LogP contribution in [0.25, 0.3) is 0 Å². The van der Waals surface area contributed by atoms with Crippen LogP contribution in [-0.2, 0) is 6.42 Å². The number of fused-ring (bicyclic) bond motifs is 1. The standard InChI is InChI=1S/C14H13N3O/c1-10-8-11-4-2-3-5-13(11)17(10)14(18)12-9-15-6-7-16-12/h2-7,9-10H,8H2,1H3. The van der Waals surface area contributed by atoms with E-state index in [1.54, 1.807) is 17.3 Å². The molecule has 1 aromatic carbocycles. The molecule has 0 radical (unpaired) electrons. The minimum absolute atomic E-state index is 0.0828. The Hall–Kier alpha value is -2.23. The van der Waals surface area contributed by atoms with Crippen molar-refractivity contribution in [3.05, 3.63) is 54.1 Å². The van der Waals surface area contributed by atoms with E-state index in [4.69, 9.17) is 0 Å². The molecule has 1 aromatic heterocycles. The van der Waals surface area contributed by atoms with Crippen LogP contribution in [0.2, 0.25) is 0 Å². The molecule has 2 aromatic rings. The molecule has 0 aliphatic carbocycles. The Morgan fingerprint density at radius 2 is 2.17 bits per heavy atom. The minimum Gasteiger partial charge on any atom is -0.304 e. The van der Waals surface area contributed by atoms with Crippen LogP contribution in [0.15, 0.2) is 42.9 Å². The number of hydrogen-bond acceptors (Lipinski definition) is 3. The average molecular weight is 239 g/mol. The van der Waals surface area contributed by atoms with E-state index in [0.717, 1.165) is 12.1 Å². The summed E-state index contributed by atoms with van der Waals surface area (Å²) in [5.41, 5.74) is 2.59. The summed E-state index contributed by atoms with van der Waals surface area (Å²) in [5, 5.41) is 0. The van der Waals surface area contributed by atoms with Crippen LogP contribution in [-0.4, -0.2) is 21.9 Å². The molecule has 0 bridgehead atoms. The van der Waals surface area contributed by atoms with Crippen molar-refractivity contribution in [1.29, 1.82) is 0 Å². The fourth-order valence-corrected chi connectivity index (χ4v) is 2.41. The summed E-state index contributed by atoms with van der Waals surface area (Å²) < 4.78 is 0. The Morgan fingerprint density at radius 3 is 2.94 bits per heavy atom. The Labute approximate surface area is 105 Å². The monoisotopic (exact) mass is 239 g/mol. The molecule has 4 nitrogen and oxygen atoms in total. The summed E-state index contributed by atoms with van der Waals surface area (Å²) in [5.74, 6) is -0.0828. The molecule has 3 rings (SSSR count). The summed E-state index contributed by atoms with van der Waals surface area (Å²) in [7, 11) is 0. The van der Waals surface area contributed by atoms with Gasteiger partial charge in [0.05, 0.1) is 6.20 Å². The van der Waals surface area contributed by atoms with Crippen molar-refractivity contribution in [2.75, 3.05) is 4.90 Å². The van der Waals surface area contributed by atoms with E-state index in [9.17, 15) is 4.79 Å². The van der Waals surface area contributed by atoms with Crippen molar-refractivity contribution < 1.29 is 4.79 Å². The van der Waals surface area contributed by atoms with Gasteiger partial charge in [0.15, 0.2) is 0 Å². The van der Waals surface area contributed by atoms with Crippen LogP contribution in [0.1, 0.15) is 23.0 Å². The quantitative estimate of drug-likeness (QED) is 0.765. The molecule has 4 heteroatoms. The number of rotatable bonds is 1. The average Bonchev–Trinajstić information content (AvgIpc) is 2.75. The lowest BCUT2D eigenvalue weighted by molar-refractivity contribution is 0.0976. The van der Waals surface area contributed by atoms with Gasteiger partial charge in [-0.15, -0.1) is 0 Å². The molecule has 0 spiro atoms. The molecule has 0 fully saturated rings. The van der Waals surface area contributed by atoms with Crippen LogP contribution >= 0.6 is 0 Å². The predicted octanol–water partition coefficient (Wildman–Crippen LogP) is 2.07. The molecule has 1 amide bonds. The van der Waals surface area contributed by atoms with Crippen molar-refractivity contribution in [1.82, 2.24) is 9.97 Å². The van der Waals surface area contributed by atoms with Gasteiger partial charge < -0.3 is 4.90 Å². The Kier molecular flexibility index (Phi) is 2.55. The number of hydrogen-bond donors (Lipinski definition) is 0. The Balaban J connectivity index is 2.00. The minimum atomic E-state index is -0.0828. The zero-order valence-corrected chi connectivity index (χ0v) is 10.1. The maximum absolute atomic E-state index is 12.4. The van der Waals surface area contributed by atoms with Crippen LogP contribution in [0.5, 0.6) is 0 Å². The molecule has 18 heavy (non-hydrogen) atoms. The van der Waals surface area contributed by atoms with E-state index in [-0.39, 0.29) is 11.9 Å². The van der Waals surface area contributed by atoms with Crippen molar-refractivity contribution in [2.24, 2.45) is 0 Å². The first kappa shape index (κ1) is 10.9. The molecule has 1 unspecified atom stereocenters. The van der Waals surface area contributed by atoms with Crippen molar-refractivity contribution in [3.63, 3.8) is 0 Å². The maximum Gasteiger partial charge on any atom is 0.278 e. The first-order valence-electron chi connectivity index (χ1n) is 5.95. The molecule has 0 N–H and O–H groups in total. The van der Waals surface area contributed by atoms with Crippen LogP contribution in [0.3, 0.4) is 0 Å². The summed E-state index contributed by atoms with van der Waals surface area (Å²) >= 11 is 0. The lowest BCUT2D eigenvalue weighted by Crippen LogP contribution is -2.36. The van der Waals surface area contributed by atoms with Gasteiger partial charge in [-0.05, 0) is 25.0 Å². The summed E-state index contributed by atoms with van der Waals surface area (Å²) in [6, 6.07) is 8.16.